The molecule has 206 valence electrons. The van der Waals surface area contributed by atoms with Crippen molar-refractivity contribution in [1.82, 2.24) is 19.2 Å². The summed E-state index contributed by atoms with van der Waals surface area (Å²) >= 11 is 1.24. The molecule has 0 radical (unpaired) electrons. The van der Waals surface area contributed by atoms with E-state index < -0.39 is 39.6 Å². The molecule has 0 aliphatic heterocycles. The molecule has 3 aromatic rings. The SMILES string of the molecule is CNC(O)CSc1cncc(S(=O)(=O)n2cc(C(N(C)C(=O)OC)C(C)(C)C)cc2-c2ccccc2F)c1. The summed E-state index contributed by atoms with van der Waals surface area (Å²) < 4.78 is 48.8. The third-order valence-corrected chi connectivity index (χ3v) is 8.61. The van der Waals surface area contributed by atoms with Crippen molar-refractivity contribution in [1.29, 1.82) is 0 Å². The minimum atomic E-state index is -4.25. The number of halogens is 1. The first-order valence-electron chi connectivity index (χ1n) is 11.8. The standard InChI is InChI=1S/C26H33FN4O5S2/c1-26(2,3)24(30(5)25(33)36-6)17-11-22(20-9-7-8-10-21(20)27)31(15-17)38(34,35)19-12-18(13-29-14-19)37-16-23(32)28-4/h7-15,23-24,28,32H,16H2,1-6H3. The number of nitrogens with one attached hydrogen (secondary N) is 1. The molecule has 12 heteroatoms. The van der Waals surface area contributed by atoms with Crippen molar-refractivity contribution in [3.05, 3.63) is 66.4 Å². The van der Waals surface area contributed by atoms with Crippen molar-refractivity contribution < 1.29 is 27.4 Å². The Hall–Kier alpha value is -2.93. The lowest BCUT2D eigenvalue weighted by molar-refractivity contribution is 0.0840. The van der Waals surface area contributed by atoms with Crippen molar-refractivity contribution in [2.24, 2.45) is 5.41 Å². The molecule has 1 aromatic carbocycles. The molecule has 3 rings (SSSR count). The van der Waals surface area contributed by atoms with Gasteiger partial charge < -0.3 is 14.7 Å². The molecule has 0 fully saturated rings. The van der Waals surface area contributed by atoms with Gasteiger partial charge in [-0.05, 0) is 42.3 Å². The number of ether oxygens (including phenoxy) is 1. The van der Waals surface area contributed by atoms with Gasteiger partial charge in [-0.25, -0.2) is 21.6 Å². The number of amides is 1. The Morgan fingerprint density at radius 1 is 1.26 bits per heavy atom. The van der Waals surface area contributed by atoms with Gasteiger partial charge in [-0.2, -0.15) is 0 Å². The van der Waals surface area contributed by atoms with Crippen LogP contribution in [0.1, 0.15) is 32.4 Å². The highest BCUT2D eigenvalue weighted by atomic mass is 32.2. The average molecular weight is 565 g/mol. The number of methoxy groups -OCH3 is 1. The Labute approximate surface area is 227 Å². The summed E-state index contributed by atoms with van der Waals surface area (Å²) in [7, 11) is 0.203. The van der Waals surface area contributed by atoms with Crippen molar-refractivity contribution in [2.45, 2.75) is 42.8 Å². The van der Waals surface area contributed by atoms with E-state index in [1.165, 1.54) is 66.6 Å². The van der Waals surface area contributed by atoms with Crippen molar-refractivity contribution in [2.75, 3.05) is 27.0 Å². The Morgan fingerprint density at radius 2 is 1.95 bits per heavy atom. The Balaban J connectivity index is 2.21. The number of pyridine rings is 1. The smallest absolute Gasteiger partial charge is 0.409 e. The third-order valence-electron chi connectivity index (χ3n) is 5.93. The maximum atomic E-state index is 15.0. The average Bonchev–Trinajstić information content (AvgIpc) is 3.31. The summed E-state index contributed by atoms with van der Waals surface area (Å²) in [6.45, 7) is 5.74. The predicted octanol–water partition coefficient (Wildman–Crippen LogP) is 4.34. The quantitative estimate of drug-likeness (QED) is 0.292. The van der Waals surface area contributed by atoms with Crippen LogP contribution in [0.25, 0.3) is 11.3 Å². The van der Waals surface area contributed by atoms with Gasteiger partial charge in [-0.1, -0.05) is 32.9 Å². The summed E-state index contributed by atoms with van der Waals surface area (Å²) in [5.74, 6) is -0.311. The largest absolute Gasteiger partial charge is 0.453 e. The molecule has 2 atom stereocenters. The molecule has 2 heterocycles. The lowest BCUT2D eigenvalue weighted by Crippen LogP contribution is -2.38. The van der Waals surface area contributed by atoms with Crippen LogP contribution >= 0.6 is 11.8 Å². The van der Waals surface area contributed by atoms with Gasteiger partial charge >= 0.3 is 6.09 Å². The predicted molar refractivity (Wildman–Crippen MR) is 145 cm³/mol. The summed E-state index contributed by atoms with van der Waals surface area (Å²) in [6, 6.07) is 8.35. The summed E-state index contributed by atoms with van der Waals surface area (Å²) in [5, 5.41) is 12.5. The molecule has 0 saturated carbocycles. The van der Waals surface area contributed by atoms with Gasteiger partial charge in [0, 0.05) is 41.8 Å². The first kappa shape index (κ1) is 29.6. The number of rotatable bonds is 9. The van der Waals surface area contributed by atoms with Gasteiger partial charge in [0.05, 0.1) is 18.8 Å². The van der Waals surface area contributed by atoms with Crippen LogP contribution in [0.4, 0.5) is 9.18 Å². The number of nitrogens with zero attached hydrogens (tertiary/aromatic N) is 3. The number of aliphatic hydroxyl groups is 1. The zero-order valence-corrected chi connectivity index (χ0v) is 23.8. The monoisotopic (exact) mass is 564 g/mol. The van der Waals surface area contributed by atoms with Crippen molar-refractivity contribution >= 4 is 27.9 Å². The summed E-state index contributed by atoms with van der Waals surface area (Å²) in [6.07, 6.45) is 2.77. The Bertz CT molecular complexity index is 1390. The summed E-state index contributed by atoms with van der Waals surface area (Å²) in [4.78, 5) is 18.4. The van der Waals surface area contributed by atoms with Crippen LogP contribution in [0.15, 0.2) is 64.8 Å². The zero-order valence-electron chi connectivity index (χ0n) is 22.2. The Morgan fingerprint density at radius 3 is 2.55 bits per heavy atom. The number of benzene rings is 1. The highest BCUT2D eigenvalue weighted by Gasteiger charge is 2.36. The number of carbonyl (C=O) groups excluding carboxylic acids is 1. The fourth-order valence-corrected chi connectivity index (χ4v) is 6.53. The van der Waals surface area contributed by atoms with Gasteiger partial charge in [0.1, 0.15) is 16.9 Å². The number of thioether (sulfide) groups is 1. The van der Waals surface area contributed by atoms with Gasteiger partial charge in [0.15, 0.2) is 0 Å². The van der Waals surface area contributed by atoms with E-state index in [9.17, 15) is 22.7 Å². The Kier molecular flexibility index (Phi) is 9.24. The summed E-state index contributed by atoms with van der Waals surface area (Å²) in [5.41, 5.74) is 0.154. The van der Waals surface area contributed by atoms with Crippen molar-refractivity contribution in [3.8, 4) is 11.3 Å². The van der Waals surface area contributed by atoms with E-state index in [1.807, 2.05) is 20.8 Å². The van der Waals surface area contributed by atoms with E-state index in [2.05, 4.69) is 10.3 Å². The number of carbonyl (C=O) groups is 1. The van der Waals surface area contributed by atoms with E-state index in [1.54, 1.807) is 26.2 Å². The normalized spacial score (nSPS) is 13.7. The maximum Gasteiger partial charge on any atom is 0.409 e. The molecule has 0 saturated heterocycles. The van der Waals surface area contributed by atoms with E-state index in [4.69, 9.17) is 4.74 Å². The fourth-order valence-electron chi connectivity index (χ4n) is 4.22. The van der Waals surface area contributed by atoms with E-state index in [-0.39, 0.29) is 21.9 Å². The minimum Gasteiger partial charge on any atom is -0.453 e. The zero-order chi connectivity index (χ0) is 28.3. The lowest BCUT2D eigenvalue weighted by Gasteiger charge is -2.36. The molecule has 0 aliphatic rings. The van der Waals surface area contributed by atoms with Crippen LogP contribution in [-0.4, -0.2) is 66.7 Å². The minimum absolute atomic E-state index is 0.0892. The first-order chi connectivity index (χ1) is 17.8. The van der Waals surface area contributed by atoms with Crippen LogP contribution in [0, 0.1) is 11.2 Å². The van der Waals surface area contributed by atoms with Crippen LogP contribution in [0.5, 0.6) is 0 Å². The molecule has 1 amide bonds. The number of aromatic nitrogens is 2. The lowest BCUT2D eigenvalue weighted by atomic mass is 9.82. The number of hydrogen-bond donors (Lipinski definition) is 2. The number of hydrogen-bond acceptors (Lipinski definition) is 8. The first-order valence-corrected chi connectivity index (χ1v) is 14.2. The maximum absolute atomic E-state index is 15.0. The molecule has 9 nitrogen and oxygen atoms in total. The highest BCUT2D eigenvalue weighted by Crippen LogP contribution is 2.41. The molecule has 38 heavy (non-hydrogen) atoms. The van der Waals surface area contributed by atoms with Crippen molar-refractivity contribution in [3.63, 3.8) is 0 Å². The van der Waals surface area contributed by atoms with Gasteiger partial charge in [0.25, 0.3) is 10.0 Å². The topological polar surface area (TPSA) is 114 Å². The van der Waals surface area contributed by atoms with Gasteiger partial charge in [0.2, 0.25) is 0 Å². The molecule has 2 aromatic heterocycles. The second kappa shape index (κ2) is 11.9. The molecular formula is C26H33FN4O5S2. The van der Waals surface area contributed by atoms with E-state index in [0.29, 0.717) is 10.5 Å². The second-order valence-electron chi connectivity index (χ2n) is 9.76. The van der Waals surface area contributed by atoms with Crippen LogP contribution < -0.4 is 5.32 Å². The molecule has 0 aliphatic carbocycles. The van der Waals surface area contributed by atoms with Gasteiger partial charge in [-0.15, -0.1) is 11.8 Å². The number of aliphatic hydroxyl groups excluding tert-OH is 1. The van der Waals surface area contributed by atoms with E-state index >= 15 is 0 Å². The van der Waals surface area contributed by atoms with Crippen LogP contribution in [0.3, 0.4) is 0 Å². The molecule has 2 N–H and O–H groups in total. The van der Waals surface area contributed by atoms with Gasteiger partial charge in [-0.3, -0.25) is 10.3 Å². The molecule has 0 spiro atoms. The fraction of sp³-hybridized carbons (Fsp3) is 0.385. The molecule has 0 bridgehead atoms. The van der Waals surface area contributed by atoms with Crippen LogP contribution in [0.2, 0.25) is 0 Å². The molecular weight excluding hydrogens is 531 g/mol. The second-order valence-corrected chi connectivity index (χ2v) is 12.7. The van der Waals surface area contributed by atoms with Crippen LogP contribution in [-0.2, 0) is 14.8 Å². The third kappa shape index (κ3) is 6.37. The van der Waals surface area contributed by atoms with E-state index in [0.717, 1.165) is 3.97 Å². The molecule has 2 unspecified atom stereocenters. The highest BCUT2D eigenvalue weighted by molar-refractivity contribution is 7.99.